The lowest BCUT2D eigenvalue weighted by molar-refractivity contribution is -0.141. The van der Waals surface area contributed by atoms with Gasteiger partial charge in [0.05, 0.1) is 5.69 Å². The molecule has 0 atom stereocenters. The van der Waals surface area contributed by atoms with Gasteiger partial charge in [0.2, 0.25) is 0 Å². The predicted molar refractivity (Wildman–Crippen MR) is 45.1 cm³/mol. The Bertz CT molecular complexity index is 335. The lowest BCUT2D eigenvalue weighted by atomic mass is 10.3. The van der Waals surface area contributed by atoms with Crippen molar-refractivity contribution in [1.82, 2.24) is 4.98 Å². The van der Waals surface area contributed by atoms with Crippen LogP contribution in [-0.2, 0) is 6.18 Å². The molecule has 0 aliphatic rings. The molecule has 13 heavy (non-hydrogen) atoms. The van der Waals surface area contributed by atoms with Gasteiger partial charge in [0, 0.05) is 0 Å². The summed E-state index contributed by atoms with van der Waals surface area (Å²) in [6, 6.07) is 3.41. The van der Waals surface area contributed by atoms with Crippen LogP contribution < -0.4 is 5.73 Å². The number of aromatic nitrogens is 1. The SMILES string of the molecule is NC(=S)c1cccc(C(F)(F)F)n1. The molecule has 0 fully saturated rings. The third-order valence-electron chi connectivity index (χ3n) is 1.29. The van der Waals surface area contributed by atoms with Crippen LogP contribution in [0.15, 0.2) is 18.2 Å². The average Bonchev–Trinajstić information content (AvgIpc) is 2.03. The van der Waals surface area contributed by atoms with E-state index in [1.807, 2.05) is 0 Å². The second-order valence-electron chi connectivity index (χ2n) is 2.27. The molecule has 0 amide bonds. The number of thiocarbonyl (C=S) groups is 1. The number of alkyl halides is 3. The molecular weight excluding hydrogens is 201 g/mol. The van der Waals surface area contributed by atoms with E-state index < -0.39 is 11.9 Å². The van der Waals surface area contributed by atoms with Gasteiger partial charge in [-0.15, -0.1) is 0 Å². The standard InChI is InChI=1S/C7H5F3N2S/c8-7(9,10)5-3-1-2-4(12-5)6(11)13/h1-3H,(H2,11,13). The summed E-state index contributed by atoms with van der Waals surface area (Å²) < 4.78 is 36.3. The molecule has 0 bridgehead atoms. The van der Waals surface area contributed by atoms with Gasteiger partial charge in [-0.1, -0.05) is 18.3 Å². The van der Waals surface area contributed by atoms with Crippen LogP contribution in [0.3, 0.4) is 0 Å². The van der Waals surface area contributed by atoms with E-state index in [9.17, 15) is 13.2 Å². The van der Waals surface area contributed by atoms with Crippen LogP contribution in [0.25, 0.3) is 0 Å². The molecule has 0 spiro atoms. The molecule has 6 heteroatoms. The van der Waals surface area contributed by atoms with Gasteiger partial charge in [0.25, 0.3) is 0 Å². The molecule has 0 aromatic carbocycles. The number of halogens is 3. The molecule has 70 valence electrons. The molecule has 0 aliphatic carbocycles. The van der Waals surface area contributed by atoms with Crippen LogP contribution in [-0.4, -0.2) is 9.97 Å². The zero-order valence-electron chi connectivity index (χ0n) is 6.30. The topological polar surface area (TPSA) is 38.9 Å². The first-order valence-electron chi connectivity index (χ1n) is 3.25. The minimum Gasteiger partial charge on any atom is -0.388 e. The van der Waals surface area contributed by atoms with Crippen LogP contribution in [0.5, 0.6) is 0 Å². The Morgan fingerprint density at radius 2 is 2.00 bits per heavy atom. The average molecular weight is 206 g/mol. The number of pyridine rings is 1. The Morgan fingerprint density at radius 1 is 1.38 bits per heavy atom. The number of nitrogens with two attached hydrogens (primary N) is 1. The number of hydrogen-bond acceptors (Lipinski definition) is 2. The Labute approximate surface area is 77.6 Å². The number of hydrogen-bond donors (Lipinski definition) is 1. The van der Waals surface area contributed by atoms with E-state index in [1.54, 1.807) is 0 Å². The first kappa shape index (κ1) is 9.91. The molecule has 0 saturated carbocycles. The number of rotatable bonds is 1. The summed E-state index contributed by atoms with van der Waals surface area (Å²) in [6.07, 6.45) is -4.46. The molecule has 0 radical (unpaired) electrons. The van der Waals surface area contributed by atoms with Crippen LogP contribution in [0.2, 0.25) is 0 Å². The molecule has 1 aromatic rings. The molecule has 2 nitrogen and oxygen atoms in total. The van der Waals surface area contributed by atoms with Gasteiger partial charge in [0.1, 0.15) is 10.7 Å². The van der Waals surface area contributed by atoms with Crippen molar-refractivity contribution in [2.45, 2.75) is 6.18 Å². The van der Waals surface area contributed by atoms with E-state index in [2.05, 4.69) is 17.2 Å². The summed E-state index contributed by atoms with van der Waals surface area (Å²) in [4.78, 5) is 3.11. The lowest BCUT2D eigenvalue weighted by Gasteiger charge is -2.06. The van der Waals surface area contributed by atoms with Crippen LogP contribution in [0, 0.1) is 0 Å². The van der Waals surface area contributed by atoms with Gasteiger partial charge < -0.3 is 5.73 Å². The third-order valence-corrected chi connectivity index (χ3v) is 1.50. The summed E-state index contributed by atoms with van der Waals surface area (Å²) in [7, 11) is 0. The Hall–Kier alpha value is -1.17. The second kappa shape index (κ2) is 3.29. The van der Waals surface area contributed by atoms with Crippen molar-refractivity contribution in [3.8, 4) is 0 Å². The van der Waals surface area contributed by atoms with E-state index in [0.717, 1.165) is 6.07 Å². The summed E-state index contributed by atoms with van der Waals surface area (Å²) in [5.41, 5.74) is 4.12. The highest BCUT2D eigenvalue weighted by Crippen LogP contribution is 2.27. The zero-order chi connectivity index (χ0) is 10.1. The van der Waals surface area contributed by atoms with E-state index in [1.165, 1.54) is 12.1 Å². The van der Waals surface area contributed by atoms with Gasteiger partial charge in [-0.3, -0.25) is 0 Å². The highest BCUT2D eigenvalue weighted by molar-refractivity contribution is 7.80. The van der Waals surface area contributed by atoms with Gasteiger partial charge in [-0.25, -0.2) is 4.98 Å². The predicted octanol–water partition coefficient (Wildman–Crippen LogP) is 1.73. The smallest absolute Gasteiger partial charge is 0.388 e. The van der Waals surface area contributed by atoms with Gasteiger partial charge in [-0.05, 0) is 12.1 Å². The van der Waals surface area contributed by atoms with E-state index in [0.29, 0.717) is 0 Å². The van der Waals surface area contributed by atoms with Crippen molar-refractivity contribution >= 4 is 17.2 Å². The normalized spacial score (nSPS) is 11.3. The maximum absolute atomic E-state index is 12.1. The summed E-state index contributed by atoms with van der Waals surface area (Å²) in [5.74, 6) is 0. The Kier molecular flexibility index (Phi) is 2.51. The monoisotopic (exact) mass is 206 g/mol. The minimum atomic E-state index is -4.46. The molecule has 0 aliphatic heterocycles. The van der Waals surface area contributed by atoms with Gasteiger partial charge in [-0.2, -0.15) is 13.2 Å². The molecule has 0 saturated heterocycles. The highest BCUT2D eigenvalue weighted by atomic mass is 32.1. The van der Waals surface area contributed by atoms with Crippen molar-refractivity contribution < 1.29 is 13.2 Å². The van der Waals surface area contributed by atoms with Crippen molar-refractivity contribution in [3.05, 3.63) is 29.6 Å². The minimum absolute atomic E-state index is 0.0233. The highest BCUT2D eigenvalue weighted by Gasteiger charge is 2.32. The van der Waals surface area contributed by atoms with Crippen LogP contribution in [0.1, 0.15) is 11.4 Å². The zero-order valence-corrected chi connectivity index (χ0v) is 7.12. The van der Waals surface area contributed by atoms with E-state index in [4.69, 9.17) is 5.73 Å². The maximum atomic E-state index is 12.1. The van der Waals surface area contributed by atoms with Crippen molar-refractivity contribution in [2.24, 2.45) is 5.73 Å². The largest absolute Gasteiger partial charge is 0.433 e. The van der Waals surface area contributed by atoms with E-state index in [-0.39, 0.29) is 10.7 Å². The first-order valence-corrected chi connectivity index (χ1v) is 3.66. The lowest BCUT2D eigenvalue weighted by Crippen LogP contribution is -2.15. The fraction of sp³-hybridized carbons (Fsp3) is 0.143. The molecule has 1 aromatic heterocycles. The van der Waals surface area contributed by atoms with Gasteiger partial charge >= 0.3 is 6.18 Å². The number of nitrogens with zero attached hydrogens (tertiary/aromatic N) is 1. The first-order chi connectivity index (χ1) is 5.91. The Morgan fingerprint density at radius 3 is 2.46 bits per heavy atom. The quantitative estimate of drug-likeness (QED) is 0.711. The fourth-order valence-corrected chi connectivity index (χ4v) is 0.844. The van der Waals surface area contributed by atoms with Crippen molar-refractivity contribution in [2.75, 3.05) is 0 Å². The van der Waals surface area contributed by atoms with Crippen LogP contribution >= 0.6 is 12.2 Å². The van der Waals surface area contributed by atoms with Crippen LogP contribution in [0.4, 0.5) is 13.2 Å². The molecule has 1 rings (SSSR count). The maximum Gasteiger partial charge on any atom is 0.433 e. The van der Waals surface area contributed by atoms with E-state index >= 15 is 0 Å². The second-order valence-corrected chi connectivity index (χ2v) is 2.71. The summed E-state index contributed by atoms with van der Waals surface area (Å²) in [6.45, 7) is 0. The van der Waals surface area contributed by atoms with Crippen molar-refractivity contribution in [1.29, 1.82) is 0 Å². The van der Waals surface area contributed by atoms with Gasteiger partial charge in [0.15, 0.2) is 0 Å². The molecule has 0 unspecified atom stereocenters. The summed E-state index contributed by atoms with van der Waals surface area (Å²) in [5, 5.41) is 0. The molecule has 2 N–H and O–H groups in total. The van der Waals surface area contributed by atoms with Crippen molar-refractivity contribution in [3.63, 3.8) is 0 Å². The molecule has 1 heterocycles. The Balaban J connectivity index is 3.13. The summed E-state index contributed by atoms with van der Waals surface area (Å²) >= 11 is 4.49. The fourth-order valence-electron chi connectivity index (χ4n) is 0.730. The third kappa shape index (κ3) is 2.38. The molecular formula is C7H5F3N2S.